The van der Waals surface area contributed by atoms with E-state index in [4.69, 9.17) is 5.14 Å². The zero-order chi connectivity index (χ0) is 43.4. The molecule has 26 heteroatoms. The van der Waals surface area contributed by atoms with Crippen molar-refractivity contribution in [3.8, 4) is 22.9 Å². The molecule has 0 fully saturated rings. The number of nitrogens with zero attached hydrogens (tertiary/aromatic N) is 6. The number of anilines is 1. The number of nitrogens with two attached hydrogens (primary N) is 1. The van der Waals surface area contributed by atoms with Gasteiger partial charge in [0.25, 0.3) is 16.9 Å². The van der Waals surface area contributed by atoms with Crippen molar-refractivity contribution in [2.75, 3.05) is 16.7 Å². The van der Waals surface area contributed by atoms with Gasteiger partial charge >= 0.3 is 29.6 Å². The zero-order valence-corrected chi connectivity index (χ0v) is 38.0. The van der Waals surface area contributed by atoms with Crippen molar-refractivity contribution in [2.24, 2.45) is 20.5 Å². The molecular formula is C35H33CrN9NaO12S3+. The largest absolute Gasteiger partial charge is 1.00 e. The molecule has 1 heterocycles. The number of phenols is 3. The summed E-state index contributed by atoms with van der Waals surface area (Å²) in [6, 6.07) is 20.1. The van der Waals surface area contributed by atoms with E-state index in [0.717, 1.165) is 29.1 Å². The summed E-state index contributed by atoms with van der Waals surface area (Å²) in [5.41, 5.74) is -0.853. The fourth-order valence-corrected chi connectivity index (χ4v) is 7.25. The molecule has 0 aliphatic carbocycles. The minimum atomic E-state index is -3.98. The first-order valence-electron chi connectivity index (χ1n) is 16.6. The van der Waals surface area contributed by atoms with E-state index in [1.165, 1.54) is 68.4 Å². The molecule has 0 atom stereocenters. The summed E-state index contributed by atoms with van der Waals surface area (Å²) in [5, 5.41) is 65.2. The summed E-state index contributed by atoms with van der Waals surface area (Å²) in [4.78, 5) is 22.6. The fourth-order valence-electron chi connectivity index (χ4n) is 5.22. The second kappa shape index (κ2) is 19.9. The number of hydrogen-bond acceptors (Lipinski definition) is 15. The maximum atomic E-state index is 12.6. The molecule has 0 spiro atoms. The van der Waals surface area contributed by atoms with Crippen molar-refractivity contribution < 1.29 is 97.5 Å². The van der Waals surface area contributed by atoms with Crippen LogP contribution in [0.25, 0.3) is 16.5 Å². The van der Waals surface area contributed by atoms with E-state index < -0.39 is 40.4 Å². The van der Waals surface area contributed by atoms with Gasteiger partial charge in [0.1, 0.15) is 22.9 Å². The van der Waals surface area contributed by atoms with Crippen LogP contribution in [0.4, 0.5) is 34.1 Å². The summed E-state index contributed by atoms with van der Waals surface area (Å²) < 4.78 is 73.9. The number of fused-ring (bicyclic) bond motifs is 1. The Morgan fingerprint density at radius 1 is 0.852 bits per heavy atom. The molecule has 0 amide bonds. The topological polar surface area (TPSA) is 331 Å². The first-order chi connectivity index (χ1) is 27.6. The van der Waals surface area contributed by atoms with E-state index in [2.05, 4.69) is 30.3 Å². The molecular weight excluding hydrogens is 910 g/mol. The standard InChI is InChI=1S/C19H19N3O6S2.C16H14N6O6S.Cr.Na/c1-3-30(27,28)13-8-10-16(23)15(11-13)20-21-19-17(24)9-7-12-5-4-6-14(18(12)19)22-29(2,25)26;1-9-15(19-18-13-8-11(22(25)26)5-6-14(13)23)16(24)21(20-9)10-3-2-4-12(7-10)29(17,27)28;;/h4-11,22-24H,3H2,1-2H3;2-8H,1H3,(H4,17,18,19,20,23,24,27,28);;/q;;;+1. The smallest absolute Gasteiger partial charge is 0.589 e. The molecule has 6 rings (SSSR count). The van der Waals surface area contributed by atoms with Crippen LogP contribution in [-0.4, -0.2) is 62.2 Å². The van der Waals surface area contributed by atoms with Gasteiger partial charge in [-0.15, -0.1) is 15.9 Å². The van der Waals surface area contributed by atoms with Crippen LogP contribution >= 0.6 is 0 Å². The van der Waals surface area contributed by atoms with E-state index >= 15 is 0 Å². The second-order valence-corrected chi connectivity index (χ2v) is 17.9. The van der Waals surface area contributed by atoms with Crippen LogP contribution in [0, 0.1) is 17.0 Å². The molecule has 0 aliphatic heterocycles. The molecule has 314 valence electrons. The number of sulfonamides is 2. The minimum absolute atomic E-state index is 0. The molecule has 0 saturated heterocycles. The maximum absolute atomic E-state index is 12.6. The van der Waals surface area contributed by atoms with Crippen LogP contribution in [-0.2, 0) is 47.2 Å². The monoisotopic (exact) mass is 942 g/mol. The van der Waals surface area contributed by atoms with Crippen LogP contribution in [0.5, 0.6) is 17.2 Å². The molecule has 21 nitrogen and oxygen atoms in total. The molecule has 6 aromatic rings. The number of phenolic OH excluding ortho intramolecular Hbond substituents is 3. The number of azo groups is 2. The van der Waals surface area contributed by atoms with Gasteiger partial charge in [-0.25, -0.2) is 30.4 Å². The minimum Gasteiger partial charge on any atom is -0.589 e. The number of nitrogens with one attached hydrogen (secondary N) is 2. The Balaban J connectivity index is 0.000000315. The fraction of sp³-hybridized carbons (Fsp3) is 0.114. The summed E-state index contributed by atoms with van der Waals surface area (Å²) in [6.45, 7) is 2.98. The van der Waals surface area contributed by atoms with Gasteiger partial charge in [-0.1, -0.05) is 43.2 Å². The number of rotatable bonds is 11. The average Bonchev–Trinajstić information content (AvgIpc) is 3.45. The van der Waals surface area contributed by atoms with E-state index in [1.54, 1.807) is 18.2 Å². The molecule has 0 bridgehead atoms. The SMILES string of the molecule is CCS(=O)(=O)c1ccc(O)c(N=[NH+]c2c(O)ccc3cccc(NS(C)(=O)=O)c23)c1.Cc1[n-]n(-c2cccc(S(N)(=O)=O)c2)c(=O)c1N=Nc1cc([N+](=O)[O-])ccc1O.[Cr].[Na+]. The molecule has 0 saturated carbocycles. The number of non-ortho nitro benzene ring substituents is 1. The summed E-state index contributed by atoms with van der Waals surface area (Å²) in [7, 11) is -11.1. The normalized spacial score (nSPS) is 11.7. The Bertz CT molecular complexity index is 3110. The van der Waals surface area contributed by atoms with Gasteiger partial charge in [-0.2, -0.15) is 0 Å². The average molecular weight is 943 g/mol. The van der Waals surface area contributed by atoms with Crippen molar-refractivity contribution in [1.29, 1.82) is 0 Å². The van der Waals surface area contributed by atoms with Crippen molar-refractivity contribution in [1.82, 2.24) is 9.78 Å². The van der Waals surface area contributed by atoms with Gasteiger partial charge in [-0.3, -0.25) is 19.6 Å². The van der Waals surface area contributed by atoms with Crippen LogP contribution in [0.15, 0.2) is 121 Å². The molecule has 0 aliphatic rings. The number of aromatic hydroxyl groups is 3. The summed E-state index contributed by atoms with van der Waals surface area (Å²) >= 11 is 0. The van der Waals surface area contributed by atoms with Crippen LogP contribution in [0.1, 0.15) is 12.6 Å². The molecule has 0 radical (unpaired) electrons. The van der Waals surface area contributed by atoms with Crippen LogP contribution in [0.2, 0.25) is 0 Å². The van der Waals surface area contributed by atoms with E-state index in [1.807, 2.05) is 0 Å². The van der Waals surface area contributed by atoms with Crippen LogP contribution < -0.4 is 55.2 Å². The predicted molar refractivity (Wildman–Crippen MR) is 213 cm³/mol. The van der Waals surface area contributed by atoms with E-state index in [0.29, 0.717) is 10.8 Å². The third kappa shape index (κ3) is 12.1. The summed E-state index contributed by atoms with van der Waals surface area (Å²) in [6.07, 6.45) is 1.00. The number of benzene rings is 5. The molecule has 1 aromatic heterocycles. The van der Waals surface area contributed by atoms with Gasteiger partial charge in [0, 0.05) is 40.3 Å². The van der Waals surface area contributed by atoms with Gasteiger partial charge in [-0.05, 0) is 60.0 Å². The first kappa shape index (κ1) is 49.9. The van der Waals surface area contributed by atoms with Gasteiger partial charge in [0.15, 0.2) is 21.3 Å². The summed E-state index contributed by atoms with van der Waals surface area (Å²) in [5.74, 6) is -0.967. The molecule has 0 unspecified atom stereocenters. The maximum Gasteiger partial charge on any atom is 1.00 e. The van der Waals surface area contributed by atoms with Crippen molar-refractivity contribution >= 4 is 74.8 Å². The Hall–Kier alpha value is -5.49. The Morgan fingerprint density at radius 3 is 2.13 bits per heavy atom. The number of sulfone groups is 1. The third-order valence-corrected chi connectivity index (χ3v) is 11.3. The predicted octanol–water partition coefficient (Wildman–Crippen LogP) is 0.693. The second-order valence-electron chi connectivity index (χ2n) is 12.3. The number of hydrogen-bond donors (Lipinski definition) is 6. The first-order valence-corrected chi connectivity index (χ1v) is 21.7. The Morgan fingerprint density at radius 2 is 1.49 bits per heavy atom. The molecule has 5 aromatic carbocycles. The quantitative estimate of drug-likeness (QED) is 0.0343. The van der Waals surface area contributed by atoms with Gasteiger partial charge in [0.05, 0.1) is 37.8 Å². The van der Waals surface area contributed by atoms with Gasteiger partial charge < -0.3 is 25.1 Å². The van der Waals surface area contributed by atoms with Crippen molar-refractivity contribution in [2.45, 2.75) is 23.6 Å². The van der Waals surface area contributed by atoms with Gasteiger partial charge in [0.2, 0.25) is 20.0 Å². The number of aryl methyl sites for hydroxylation is 1. The third-order valence-electron chi connectivity index (χ3n) is 8.10. The molecule has 7 N–H and O–H groups in total. The van der Waals surface area contributed by atoms with Crippen LogP contribution in [0.3, 0.4) is 0 Å². The Labute approximate surface area is 380 Å². The van der Waals surface area contributed by atoms with Crippen molar-refractivity contribution in [3.63, 3.8) is 0 Å². The zero-order valence-electron chi connectivity index (χ0n) is 32.3. The molecule has 61 heavy (non-hydrogen) atoms. The Kier molecular flexibility index (Phi) is 16.3. The van der Waals surface area contributed by atoms with E-state index in [9.17, 15) is 55.5 Å². The van der Waals surface area contributed by atoms with Crippen molar-refractivity contribution in [3.05, 3.63) is 117 Å². The van der Waals surface area contributed by atoms with E-state index in [-0.39, 0.29) is 125 Å². The number of nitro groups is 1. The number of aromatic nitrogens is 2. The number of nitro benzene ring substituents is 1. The number of primary sulfonamides is 1.